The maximum Gasteiger partial charge on any atom is 0.355 e. The van der Waals surface area contributed by atoms with Gasteiger partial charge in [0.25, 0.3) is 5.91 Å². The lowest BCUT2D eigenvalue weighted by atomic mass is 10.1. The number of aryl methyl sites for hydroxylation is 1. The zero-order valence-electron chi connectivity index (χ0n) is 12.7. The molecule has 0 bridgehead atoms. The Hall–Kier alpha value is -2.31. The van der Waals surface area contributed by atoms with Gasteiger partial charge in [-0.15, -0.1) is 0 Å². The lowest BCUT2D eigenvalue weighted by Crippen LogP contribution is -2.28. The Morgan fingerprint density at radius 2 is 1.76 bits per heavy atom. The summed E-state index contributed by atoms with van der Waals surface area (Å²) in [4.78, 5) is 37.8. The van der Waals surface area contributed by atoms with Crippen molar-refractivity contribution in [3.63, 3.8) is 0 Å². The molecule has 0 aliphatic heterocycles. The van der Waals surface area contributed by atoms with Crippen LogP contribution in [0.1, 0.15) is 46.0 Å². The monoisotopic (exact) mass is 296 g/mol. The Balaban J connectivity index is 2.85. The fourth-order valence-electron chi connectivity index (χ4n) is 1.92. The van der Waals surface area contributed by atoms with Crippen LogP contribution in [-0.4, -0.2) is 42.6 Å². The van der Waals surface area contributed by atoms with Crippen molar-refractivity contribution >= 4 is 17.8 Å². The normalized spacial score (nSPS) is 10.1. The van der Waals surface area contributed by atoms with Crippen molar-refractivity contribution < 1.29 is 23.9 Å². The predicted molar refractivity (Wildman–Crippen MR) is 75.2 cm³/mol. The summed E-state index contributed by atoms with van der Waals surface area (Å²) in [6.07, 6.45) is 0. The summed E-state index contributed by atoms with van der Waals surface area (Å²) in [6, 6.07) is 0. The summed E-state index contributed by atoms with van der Waals surface area (Å²) < 4.78 is 9.83. The van der Waals surface area contributed by atoms with Crippen molar-refractivity contribution in [2.45, 2.75) is 27.7 Å². The van der Waals surface area contributed by atoms with E-state index < -0.39 is 11.9 Å². The van der Waals surface area contributed by atoms with Crippen LogP contribution < -0.4 is 5.32 Å². The lowest BCUT2D eigenvalue weighted by molar-refractivity contribution is -0.124. The number of hydrogen-bond acceptors (Lipinski definition) is 5. The van der Waals surface area contributed by atoms with Crippen LogP contribution in [-0.2, 0) is 14.3 Å². The first-order valence-corrected chi connectivity index (χ1v) is 6.72. The van der Waals surface area contributed by atoms with Gasteiger partial charge in [-0.2, -0.15) is 0 Å². The molecular formula is C14H20N2O5. The Labute approximate surface area is 123 Å². The number of likely N-dealkylation sites (N-methyl/N-ethyl adjacent to an activating group) is 1. The zero-order chi connectivity index (χ0) is 16.0. The Bertz CT molecular complexity index is 548. The van der Waals surface area contributed by atoms with Gasteiger partial charge in [0.15, 0.2) is 6.61 Å². The van der Waals surface area contributed by atoms with Crippen molar-refractivity contribution in [2.24, 2.45) is 0 Å². The number of aromatic nitrogens is 1. The highest BCUT2D eigenvalue weighted by Crippen LogP contribution is 2.19. The first-order chi connectivity index (χ1) is 9.92. The van der Waals surface area contributed by atoms with E-state index >= 15 is 0 Å². The highest BCUT2D eigenvalue weighted by Gasteiger charge is 2.24. The number of rotatable bonds is 6. The third kappa shape index (κ3) is 4.08. The summed E-state index contributed by atoms with van der Waals surface area (Å²) >= 11 is 0. The number of carbonyl (C=O) groups is 3. The Morgan fingerprint density at radius 1 is 1.10 bits per heavy atom. The fourth-order valence-corrected chi connectivity index (χ4v) is 1.92. The summed E-state index contributed by atoms with van der Waals surface area (Å²) in [7, 11) is 0. The highest BCUT2D eigenvalue weighted by molar-refractivity contribution is 5.99. The predicted octanol–water partition coefficient (Wildman–Crippen LogP) is 1.10. The molecule has 2 N–H and O–H groups in total. The molecule has 0 saturated heterocycles. The van der Waals surface area contributed by atoms with Gasteiger partial charge in [-0.3, -0.25) is 4.79 Å². The van der Waals surface area contributed by atoms with E-state index in [9.17, 15) is 14.4 Å². The van der Waals surface area contributed by atoms with E-state index in [0.717, 1.165) is 0 Å². The molecule has 1 heterocycles. The SMILES string of the molecule is CCNC(=O)COC(=O)c1c(C)[nH]c(C(=O)OCC)c1C. The van der Waals surface area contributed by atoms with E-state index in [1.54, 1.807) is 27.7 Å². The van der Waals surface area contributed by atoms with E-state index in [0.29, 0.717) is 17.8 Å². The van der Waals surface area contributed by atoms with Gasteiger partial charge in [0, 0.05) is 12.2 Å². The van der Waals surface area contributed by atoms with Crippen LogP contribution in [0.3, 0.4) is 0 Å². The largest absolute Gasteiger partial charge is 0.461 e. The molecule has 0 fully saturated rings. The maximum atomic E-state index is 12.0. The second-order valence-corrected chi connectivity index (χ2v) is 4.38. The van der Waals surface area contributed by atoms with Gasteiger partial charge in [-0.1, -0.05) is 0 Å². The fraction of sp³-hybridized carbons (Fsp3) is 0.500. The molecule has 1 aromatic rings. The van der Waals surface area contributed by atoms with E-state index in [-0.39, 0.29) is 30.4 Å². The average molecular weight is 296 g/mol. The van der Waals surface area contributed by atoms with E-state index in [4.69, 9.17) is 9.47 Å². The molecule has 1 aromatic heterocycles. The number of amides is 1. The van der Waals surface area contributed by atoms with Gasteiger partial charge in [-0.05, 0) is 33.3 Å². The van der Waals surface area contributed by atoms with Crippen LogP contribution >= 0.6 is 0 Å². The number of H-pyrrole nitrogens is 1. The molecule has 0 saturated carbocycles. The molecule has 116 valence electrons. The average Bonchev–Trinajstić information content (AvgIpc) is 2.72. The van der Waals surface area contributed by atoms with Gasteiger partial charge in [0.2, 0.25) is 0 Å². The molecule has 1 rings (SSSR count). The molecule has 1 amide bonds. The summed E-state index contributed by atoms with van der Waals surface area (Å²) in [6.45, 7) is 7.09. The first-order valence-electron chi connectivity index (χ1n) is 6.72. The van der Waals surface area contributed by atoms with E-state index in [1.807, 2.05) is 0 Å². The minimum atomic E-state index is -0.650. The Morgan fingerprint density at radius 3 is 2.33 bits per heavy atom. The molecule has 7 heteroatoms. The third-order valence-electron chi connectivity index (χ3n) is 2.83. The third-order valence-corrected chi connectivity index (χ3v) is 2.83. The van der Waals surface area contributed by atoms with Gasteiger partial charge < -0.3 is 19.8 Å². The molecule has 7 nitrogen and oxygen atoms in total. The van der Waals surface area contributed by atoms with Crippen molar-refractivity contribution in [2.75, 3.05) is 19.8 Å². The topological polar surface area (TPSA) is 97.5 Å². The number of aromatic amines is 1. The number of carbonyl (C=O) groups excluding carboxylic acids is 3. The molecular weight excluding hydrogens is 276 g/mol. The highest BCUT2D eigenvalue weighted by atomic mass is 16.5. The molecule has 0 unspecified atom stereocenters. The molecule has 0 radical (unpaired) electrons. The van der Waals surface area contributed by atoms with Crippen molar-refractivity contribution in [1.29, 1.82) is 0 Å². The number of nitrogens with one attached hydrogen (secondary N) is 2. The lowest BCUT2D eigenvalue weighted by Gasteiger charge is -2.05. The van der Waals surface area contributed by atoms with Crippen LogP contribution in [0, 0.1) is 13.8 Å². The van der Waals surface area contributed by atoms with Gasteiger partial charge >= 0.3 is 11.9 Å². The van der Waals surface area contributed by atoms with Crippen LogP contribution in [0.15, 0.2) is 0 Å². The van der Waals surface area contributed by atoms with Crippen LogP contribution in [0.25, 0.3) is 0 Å². The summed E-state index contributed by atoms with van der Waals surface area (Å²) in [5, 5.41) is 2.52. The van der Waals surface area contributed by atoms with Crippen molar-refractivity contribution in [1.82, 2.24) is 10.3 Å². The smallest absolute Gasteiger partial charge is 0.355 e. The van der Waals surface area contributed by atoms with E-state index in [1.165, 1.54) is 0 Å². The van der Waals surface area contributed by atoms with E-state index in [2.05, 4.69) is 10.3 Å². The number of hydrogen-bond donors (Lipinski definition) is 2. The van der Waals surface area contributed by atoms with Crippen LogP contribution in [0.4, 0.5) is 0 Å². The maximum absolute atomic E-state index is 12.0. The van der Waals surface area contributed by atoms with Gasteiger partial charge in [-0.25, -0.2) is 9.59 Å². The molecule has 21 heavy (non-hydrogen) atoms. The second kappa shape index (κ2) is 7.47. The number of esters is 2. The van der Waals surface area contributed by atoms with Crippen molar-refractivity contribution in [3.8, 4) is 0 Å². The van der Waals surface area contributed by atoms with Crippen LogP contribution in [0.2, 0.25) is 0 Å². The van der Waals surface area contributed by atoms with Gasteiger partial charge in [0.05, 0.1) is 12.2 Å². The number of ether oxygens (including phenoxy) is 2. The first kappa shape index (κ1) is 16.7. The molecule has 0 aromatic carbocycles. The molecule has 0 aliphatic rings. The standard InChI is InChI=1S/C14H20N2O5/c1-5-15-10(17)7-21-13(18)11-8(3)12(16-9(11)4)14(19)20-6-2/h16H,5-7H2,1-4H3,(H,15,17). The molecule has 0 aliphatic carbocycles. The van der Waals surface area contributed by atoms with Gasteiger partial charge in [0.1, 0.15) is 5.69 Å². The Kier molecular flexibility index (Phi) is 5.95. The molecule has 0 spiro atoms. The summed E-state index contributed by atoms with van der Waals surface area (Å²) in [5.41, 5.74) is 1.42. The van der Waals surface area contributed by atoms with Crippen molar-refractivity contribution in [3.05, 3.63) is 22.5 Å². The van der Waals surface area contributed by atoms with Crippen LogP contribution in [0.5, 0.6) is 0 Å². The zero-order valence-corrected chi connectivity index (χ0v) is 12.7. The summed E-state index contributed by atoms with van der Waals surface area (Å²) in [5.74, 6) is -1.55. The minimum absolute atomic E-state index is 0.222. The minimum Gasteiger partial charge on any atom is -0.461 e. The molecule has 0 atom stereocenters. The second-order valence-electron chi connectivity index (χ2n) is 4.38. The quantitative estimate of drug-likeness (QED) is 0.766.